The molecule has 0 aliphatic carbocycles. The number of methoxy groups -OCH3 is 1. The maximum Gasteiger partial charge on any atom is 0.322 e. The van der Waals surface area contributed by atoms with E-state index in [-0.39, 0.29) is 24.5 Å². The number of amides is 3. The molecule has 0 saturated heterocycles. The van der Waals surface area contributed by atoms with Crippen molar-refractivity contribution in [1.29, 1.82) is 0 Å². The maximum absolute atomic E-state index is 13.7. The molecule has 3 amide bonds. The van der Waals surface area contributed by atoms with Gasteiger partial charge in [0.15, 0.2) is 0 Å². The van der Waals surface area contributed by atoms with Gasteiger partial charge in [-0.2, -0.15) is 0 Å². The van der Waals surface area contributed by atoms with E-state index in [1.54, 1.807) is 23.3 Å². The number of aryl methyl sites for hydroxylation is 2. The van der Waals surface area contributed by atoms with Gasteiger partial charge in [0.05, 0.1) is 6.04 Å². The minimum Gasteiger partial charge on any atom is -0.491 e. The van der Waals surface area contributed by atoms with Crippen molar-refractivity contribution in [3.63, 3.8) is 0 Å². The lowest BCUT2D eigenvalue weighted by Crippen LogP contribution is -2.49. The van der Waals surface area contributed by atoms with Crippen molar-refractivity contribution >= 4 is 29.0 Å². The molecule has 1 atom stereocenters. The Kier molecular flexibility index (Phi) is 9.19. The maximum atomic E-state index is 13.7. The Hall–Kier alpha value is -3.36. The number of thiophene rings is 1. The van der Waals surface area contributed by atoms with E-state index in [9.17, 15) is 9.59 Å². The number of hydrogen-bond donors (Lipinski definition) is 1. The van der Waals surface area contributed by atoms with Gasteiger partial charge in [0.2, 0.25) is 5.91 Å². The summed E-state index contributed by atoms with van der Waals surface area (Å²) in [5.74, 6) is 0.685. The lowest BCUT2D eigenvalue weighted by Gasteiger charge is -2.37. The van der Waals surface area contributed by atoms with Gasteiger partial charge in [-0.25, -0.2) is 4.79 Å². The van der Waals surface area contributed by atoms with E-state index in [4.69, 9.17) is 9.47 Å². The zero-order valence-corrected chi connectivity index (χ0v) is 22.6. The molecule has 196 valence electrons. The largest absolute Gasteiger partial charge is 0.491 e. The SMILES string of the molecule is COCCCN(CC(=O)N1CCc2sccc2[C@H]1COc1ccc(C)cc1)C(=O)Nc1ccc(C)cc1. The van der Waals surface area contributed by atoms with E-state index in [0.29, 0.717) is 38.4 Å². The molecule has 0 bridgehead atoms. The zero-order chi connectivity index (χ0) is 26.2. The third-order valence-electron chi connectivity index (χ3n) is 6.54. The fraction of sp³-hybridized carbons (Fsp3) is 0.379. The van der Waals surface area contributed by atoms with Crippen molar-refractivity contribution in [1.82, 2.24) is 9.80 Å². The van der Waals surface area contributed by atoms with Crippen LogP contribution in [-0.2, 0) is 16.0 Å². The van der Waals surface area contributed by atoms with E-state index in [2.05, 4.69) is 16.8 Å². The van der Waals surface area contributed by atoms with Gasteiger partial charge in [0.25, 0.3) is 0 Å². The van der Waals surface area contributed by atoms with Crippen LogP contribution in [0.15, 0.2) is 60.0 Å². The van der Waals surface area contributed by atoms with Crippen molar-refractivity contribution in [2.75, 3.05) is 45.3 Å². The molecular formula is C29H35N3O4S. The van der Waals surface area contributed by atoms with Crippen molar-refractivity contribution in [3.8, 4) is 5.75 Å². The fourth-order valence-corrected chi connectivity index (χ4v) is 5.36. The first-order valence-electron chi connectivity index (χ1n) is 12.6. The number of fused-ring (bicyclic) bond motifs is 1. The second-order valence-corrected chi connectivity index (χ2v) is 10.3. The molecule has 1 aliphatic heterocycles. The van der Waals surface area contributed by atoms with Crippen LogP contribution in [0, 0.1) is 13.8 Å². The van der Waals surface area contributed by atoms with Crippen molar-refractivity contribution in [2.45, 2.75) is 32.7 Å². The van der Waals surface area contributed by atoms with E-state index < -0.39 is 0 Å². The third kappa shape index (κ3) is 7.11. The summed E-state index contributed by atoms with van der Waals surface area (Å²) in [5, 5.41) is 5.00. The molecule has 7 nitrogen and oxygen atoms in total. The second-order valence-electron chi connectivity index (χ2n) is 9.34. The molecule has 2 heterocycles. The molecule has 1 aromatic heterocycles. The van der Waals surface area contributed by atoms with Crippen LogP contribution in [0.2, 0.25) is 0 Å². The summed E-state index contributed by atoms with van der Waals surface area (Å²) in [6, 6.07) is 17.1. The molecule has 2 aromatic carbocycles. The Morgan fingerprint density at radius 2 is 1.76 bits per heavy atom. The highest BCUT2D eigenvalue weighted by atomic mass is 32.1. The van der Waals surface area contributed by atoms with Crippen LogP contribution < -0.4 is 10.1 Å². The number of nitrogens with zero attached hydrogens (tertiary/aromatic N) is 2. The average molecular weight is 522 g/mol. The molecule has 4 rings (SSSR count). The van der Waals surface area contributed by atoms with Crippen LogP contribution >= 0.6 is 11.3 Å². The summed E-state index contributed by atoms with van der Waals surface area (Å²) < 4.78 is 11.3. The molecular weight excluding hydrogens is 486 g/mol. The van der Waals surface area contributed by atoms with E-state index in [0.717, 1.165) is 23.3 Å². The Morgan fingerprint density at radius 3 is 2.46 bits per heavy atom. The minimum absolute atomic E-state index is 0.0120. The number of carbonyl (C=O) groups excluding carboxylic acids is 2. The molecule has 1 N–H and O–H groups in total. The molecule has 0 radical (unpaired) electrons. The predicted molar refractivity (Wildman–Crippen MR) is 147 cm³/mol. The van der Waals surface area contributed by atoms with Gasteiger partial charge >= 0.3 is 6.03 Å². The number of ether oxygens (including phenoxy) is 2. The molecule has 0 saturated carbocycles. The average Bonchev–Trinajstić information content (AvgIpc) is 3.38. The van der Waals surface area contributed by atoms with Crippen molar-refractivity contribution < 1.29 is 19.1 Å². The van der Waals surface area contributed by atoms with Crippen LogP contribution in [0.5, 0.6) is 5.75 Å². The molecule has 0 fully saturated rings. The van der Waals surface area contributed by atoms with Crippen LogP contribution in [-0.4, -0.2) is 61.7 Å². The highest BCUT2D eigenvalue weighted by Crippen LogP contribution is 2.34. The molecule has 0 spiro atoms. The number of hydrogen-bond acceptors (Lipinski definition) is 5. The molecule has 1 aliphatic rings. The van der Waals surface area contributed by atoms with Gasteiger partial charge in [-0.15, -0.1) is 11.3 Å². The fourth-order valence-electron chi connectivity index (χ4n) is 4.43. The Bertz CT molecular complexity index is 1180. The summed E-state index contributed by atoms with van der Waals surface area (Å²) in [6.07, 6.45) is 1.44. The lowest BCUT2D eigenvalue weighted by atomic mass is 10.0. The van der Waals surface area contributed by atoms with Gasteiger partial charge in [-0.1, -0.05) is 35.4 Å². The highest BCUT2D eigenvalue weighted by molar-refractivity contribution is 7.10. The van der Waals surface area contributed by atoms with Crippen LogP contribution in [0.1, 0.15) is 34.0 Å². The second kappa shape index (κ2) is 12.7. The normalized spacial score (nSPS) is 14.7. The monoisotopic (exact) mass is 521 g/mol. The van der Waals surface area contributed by atoms with E-state index in [1.165, 1.54) is 10.4 Å². The third-order valence-corrected chi connectivity index (χ3v) is 7.53. The topological polar surface area (TPSA) is 71.1 Å². The number of nitrogens with one attached hydrogen (secondary N) is 1. The van der Waals surface area contributed by atoms with Crippen LogP contribution in [0.4, 0.5) is 10.5 Å². The zero-order valence-electron chi connectivity index (χ0n) is 21.7. The Morgan fingerprint density at radius 1 is 1.05 bits per heavy atom. The van der Waals surface area contributed by atoms with Crippen LogP contribution in [0.25, 0.3) is 0 Å². The standard InChI is InChI=1S/C29H35N3O4S/c1-21-5-9-23(10-6-21)30-29(34)31(15-4-17-35-3)19-28(33)32-16-13-27-25(14-18-37-27)26(32)20-36-24-11-7-22(2)8-12-24/h5-12,14,18,26H,4,13,15-17,19-20H2,1-3H3,(H,30,34)/t26-/m1/s1. The first-order valence-corrected chi connectivity index (χ1v) is 13.5. The first kappa shape index (κ1) is 26.7. The Balaban J connectivity index is 1.47. The van der Waals surface area contributed by atoms with E-state index in [1.807, 2.05) is 67.3 Å². The predicted octanol–water partition coefficient (Wildman–Crippen LogP) is 5.44. The van der Waals surface area contributed by atoms with Gasteiger partial charge in [0, 0.05) is 37.4 Å². The van der Waals surface area contributed by atoms with Crippen molar-refractivity contribution in [2.24, 2.45) is 0 Å². The van der Waals surface area contributed by atoms with E-state index >= 15 is 0 Å². The highest BCUT2D eigenvalue weighted by Gasteiger charge is 2.33. The number of anilines is 1. The van der Waals surface area contributed by atoms with Crippen LogP contribution in [0.3, 0.4) is 0 Å². The smallest absolute Gasteiger partial charge is 0.322 e. The van der Waals surface area contributed by atoms with Gasteiger partial charge in [-0.05, 0) is 68.0 Å². The summed E-state index contributed by atoms with van der Waals surface area (Å²) in [4.78, 5) is 31.6. The Labute approximate surface area is 223 Å². The van der Waals surface area contributed by atoms with Gasteiger partial charge in [0.1, 0.15) is 18.9 Å². The van der Waals surface area contributed by atoms with Crippen molar-refractivity contribution in [3.05, 3.63) is 81.5 Å². The minimum atomic E-state index is -0.297. The summed E-state index contributed by atoms with van der Waals surface area (Å²) in [5.41, 5.74) is 4.11. The molecule has 3 aromatic rings. The lowest BCUT2D eigenvalue weighted by molar-refractivity contribution is -0.135. The number of carbonyl (C=O) groups is 2. The number of benzene rings is 2. The number of urea groups is 1. The van der Waals surface area contributed by atoms with Gasteiger partial charge < -0.3 is 24.6 Å². The quantitative estimate of drug-likeness (QED) is 0.361. The molecule has 37 heavy (non-hydrogen) atoms. The molecule has 8 heteroatoms. The summed E-state index contributed by atoms with van der Waals surface area (Å²) in [7, 11) is 1.63. The molecule has 0 unspecified atom stereocenters. The first-order chi connectivity index (χ1) is 17.9. The van der Waals surface area contributed by atoms with Gasteiger partial charge in [-0.3, -0.25) is 4.79 Å². The summed E-state index contributed by atoms with van der Waals surface area (Å²) >= 11 is 1.72. The number of rotatable bonds is 10. The summed E-state index contributed by atoms with van der Waals surface area (Å²) in [6.45, 7) is 5.91.